The highest BCUT2D eigenvalue weighted by molar-refractivity contribution is 4.94. The van der Waals surface area contributed by atoms with Crippen LogP contribution in [-0.4, -0.2) is 61.0 Å². The van der Waals surface area contributed by atoms with Crippen molar-refractivity contribution in [3.63, 3.8) is 0 Å². The van der Waals surface area contributed by atoms with Crippen molar-refractivity contribution >= 4 is 0 Å². The van der Waals surface area contributed by atoms with Gasteiger partial charge in [-0.1, -0.05) is 0 Å². The molecule has 0 spiro atoms. The van der Waals surface area contributed by atoms with Crippen molar-refractivity contribution in [2.45, 2.75) is 30.6 Å². The van der Waals surface area contributed by atoms with Gasteiger partial charge < -0.3 is 30.1 Å². The van der Waals surface area contributed by atoms with E-state index in [9.17, 15) is 24.9 Å². The number of aromatic amines is 1. The van der Waals surface area contributed by atoms with Gasteiger partial charge in [-0.25, -0.2) is 9.36 Å². The predicted octanol–water partition coefficient (Wildman–Crippen LogP) is -3.49. The first-order valence-corrected chi connectivity index (χ1v) is 5.58. The average Bonchev–Trinajstić information content (AvgIpc) is 2.38. The molecule has 5 N–H and O–H groups in total. The van der Waals surface area contributed by atoms with E-state index in [1.807, 2.05) is 0 Å². The van der Waals surface area contributed by atoms with Crippen LogP contribution in [0.1, 0.15) is 6.23 Å². The number of ether oxygens (including phenoxy) is 1. The third kappa shape index (κ3) is 2.33. The molecule has 0 aliphatic carbocycles. The molecule has 2 rings (SSSR count). The Bertz CT molecular complexity index is 523. The van der Waals surface area contributed by atoms with E-state index in [2.05, 4.69) is 4.98 Å². The number of hydrogen-bond donors (Lipinski definition) is 5. The van der Waals surface area contributed by atoms with Crippen LogP contribution in [0.25, 0.3) is 0 Å². The molecule has 106 valence electrons. The second kappa shape index (κ2) is 5.23. The molecular weight excluding hydrogens is 260 g/mol. The van der Waals surface area contributed by atoms with Crippen molar-refractivity contribution in [1.82, 2.24) is 9.55 Å². The van der Waals surface area contributed by atoms with Gasteiger partial charge in [-0.05, 0) is 0 Å². The molecule has 0 unspecified atom stereocenters. The average molecular weight is 274 g/mol. The normalized spacial score (nSPS) is 35.3. The molecule has 0 saturated carbocycles. The van der Waals surface area contributed by atoms with Crippen molar-refractivity contribution in [2.24, 2.45) is 0 Å². The van der Waals surface area contributed by atoms with E-state index in [0.717, 1.165) is 12.3 Å². The van der Waals surface area contributed by atoms with Gasteiger partial charge in [0.25, 0.3) is 5.56 Å². The largest absolute Gasteiger partial charge is 0.394 e. The Morgan fingerprint density at radius 1 is 1.21 bits per heavy atom. The van der Waals surface area contributed by atoms with Crippen LogP contribution in [0.3, 0.4) is 0 Å². The third-order valence-corrected chi connectivity index (χ3v) is 3.01. The summed E-state index contributed by atoms with van der Waals surface area (Å²) in [5.74, 6) is 0. The zero-order valence-electron chi connectivity index (χ0n) is 9.71. The third-order valence-electron chi connectivity index (χ3n) is 3.01. The molecule has 0 aromatic carbocycles. The SMILES string of the molecule is O=c1cc[nH]c(=O)n1[C@@H]1O[C@H](CO)[C@@H](O)[C@H](O)[C@H]1O. The van der Waals surface area contributed by atoms with E-state index in [0.29, 0.717) is 4.57 Å². The molecule has 1 aromatic heterocycles. The number of aromatic nitrogens is 2. The molecule has 1 saturated heterocycles. The Labute approximate surface area is 106 Å². The Balaban J connectivity index is 2.44. The zero-order chi connectivity index (χ0) is 14.2. The highest BCUT2D eigenvalue weighted by atomic mass is 16.6. The van der Waals surface area contributed by atoms with Gasteiger partial charge in [0.15, 0.2) is 6.23 Å². The number of nitrogens with zero attached hydrogens (tertiary/aromatic N) is 1. The summed E-state index contributed by atoms with van der Waals surface area (Å²) in [4.78, 5) is 25.4. The number of hydrogen-bond acceptors (Lipinski definition) is 7. The molecule has 1 fully saturated rings. The smallest absolute Gasteiger partial charge is 0.330 e. The summed E-state index contributed by atoms with van der Waals surface area (Å²) in [6.45, 7) is -0.638. The summed E-state index contributed by atoms with van der Waals surface area (Å²) in [5.41, 5.74) is -1.58. The maximum Gasteiger partial charge on any atom is 0.330 e. The Morgan fingerprint density at radius 2 is 1.89 bits per heavy atom. The minimum Gasteiger partial charge on any atom is -0.394 e. The van der Waals surface area contributed by atoms with Gasteiger partial charge >= 0.3 is 5.69 Å². The van der Waals surface area contributed by atoms with Gasteiger partial charge in [0.05, 0.1) is 6.61 Å². The lowest BCUT2D eigenvalue weighted by Crippen LogP contribution is -2.59. The summed E-state index contributed by atoms with van der Waals surface area (Å²) < 4.78 is 5.68. The lowest BCUT2D eigenvalue weighted by atomic mass is 9.98. The van der Waals surface area contributed by atoms with Crippen LogP contribution in [0.2, 0.25) is 0 Å². The molecule has 2 heterocycles. The Hall–Kier alpha value is -1.52. The van der Waals surface area contributed by atoms with Crippen molar-refractivity contribution in [3.8, 4) is 0 Å². The van der Waals surface area contributed by atoms with E-state index in [-0.39, 0.29) is 0 Å². The van der Waals surface area contributed by atoms with Gasteiger partial charge in [0.1, 0.15) is 24.4 Å². The molecule has 9 nitrogen and oxygen atoms in total. The van der Waals surface area contributed by atoms with E-state index in [1.54, 1.807) is 0 Å². The zero-order valence-corrected chi connectivity index (χ0v) is 9.71. The fourth-order valence-electron chi connectivity index (χ4n) is 1.97. The van der Waals surface area contributed by atoms with E-state index in [1.165, 1.54) is 0 Å². The minimum atomic E-state index is -1.68. The molecule has 1 aromatic rings. The van der Waals surface area contributed by atoms with Gasteiger partial charge in [0, 0.05) is 12.3 Å². The fourth-order valence-corrected chi connectivity index (χ4v) is 1.97. The summed E-state index contributed by atoms with van der Waals surface area (Å²) >= 11 is 0. The van der Waals surface area contributed by atoms with E-state index in [4.69, 9.17) is 9.84 Å². The molecule has 19 heavy (non-hydrogen) atoms. The lowest BCUT2D eigenvalue weighted by molar-refractivity contribution is -0.252. The molecular formula is C10H14N2O7. The van der Waals surface area contributed by atoms with Gasteiger partial charge in [-0.3, -0.25) is 4.79 Å². The number of rotatable bonds is 2. The molecule has 1 aliphatic rings. The Kier molecular flexibility index (Phi) is 3.83. The predicted molar refractivity (Wildman–Crippen MR) is 60.3 cm³/mol. The second-order valence-corrected chi connectivity index (χ2v) is 4.21. The van der Waals surface area contributed by atoms with Crippen LogP contribution >= 0.6 is 0 Å². The monoisotopic (exact) mass is 274 g/mol. The first-order chi connectivity index (χ1) is 8.97. The topological polar surface area (TPSA) is 145 Å². The van der Waals surface area contributed by atoms with E-state index >= 15 is 0 Å². The Morgan fingerprint density at radius 3 is 2.47 bits per heavy atom. The standard InChI is InChI=1S/C10H14N2O7/c13-3-4-6(15)7(16)8(17)9(19-4)12-5(14)1-2-11-10(12)18/h1-2,4,6-9,13,15-17H,3H2,(H,11,18)/t4-,6-,7+,8-,9-/m1/s1. The molecule has 9 heteroatoms. The summed E-state index contributed by atoms with van der Waals surface area (Å²) in [6.07, 6.45) is -6.43. The lowest BCUT2D eigenvalue weighted by Gasteiger charge is -2.39. The van der Waals surface area contributed by atoms with E-state index < -0.39 is 48.5 Å². The van der Waals surface area contributed by atoms with Crippen molar-refractivity contribution in [3.05, 3.63) is 33.1 Å². The maximum absolute atomic E-state index is 11.6. The second-order valence-electron chi connectivity index (χ2n) is 4.21. The number of aliphatic hydroxyl groups is 4. The van der Waals surface area contributed by atoms with Gasteiger partial charge in [0.2, 0.25) is 0 Å². The number of H-pyrrole nitrogens is 1. The van der Waals surface area contributed by atoms with Crippen LogP contribution in [0.5, 0.6) is 0 Å². The molecule has 0 bridgehead atoms. The van der Waals surface area contributed by atoms with Crippen LogP contribution in [0.15, 0.2) is 21.9 Å². The van der Waals surface area contributed by atoms with Gasteiger partial charge in [-0.15, -0.1) is 0 Å². The fraction of sp³-hybridized carbons (Fsp3) is 0.600. The highest BCUT2D eigenvalue weighted by Gasteiger charge is 2.45. The first kappa shape index (κ1) is 13.9. The quantitative estimate of drug-likeness (QED) is 0.376. The highest BCUT2D eigenvalue weighted by Crippen LogP contribution is 2.26. The molecule has 0 radical (unpaired) electrons. The van der Waals surface area contributed by atoms with Crippen molar-refractivity contribution in [1.29, 1.82) is 0 Å². The van der Waals surface area contributed by atoms with Crippen LogP contribution in [0, 0.1) is 0 Å². The number of nitrogens with one attached hydrogen (secondary N) is 1. The van der Waals surface area contributed by atoms with Crippen molar-refractivity contribution < 1.29 is 25.2 Å². The summed E-state index contributed by atoms with van der Waals surface area (Å²) in [5, 5.41) is 38.0. The summed E-state index contributed by atoms with van der Waals surface area (Å²) in [7, 11) is 0. The van der Waals surface area contributed by atoms with Crippen LogP contribution < -0.4 is 11.2 Å². The summed E-state index contributed by atoms with van der Waals surface area (Å²) in [6, 6.07) is 1.04. The minimum absolute atomic E-state index is 0.572. The van der Waals surface area contributed by atoms with Crippen LogP contribution in [0.4, 0.5) is 0 Å². The van der Waals surface area contributed by atoms with Crippen LogP contribution in [-0.2, 0) is 4.74 Å². The maximum atomic E-state index is 11.6. The molecule has 5 atom stereocenters. The number of aliphatic hydroxyl groups excluding tert-OH is 4. The van der Waals surface area contributed by atoms with Crippen molar-refractivity contribution in [2.75, 3.05) is 6.61 Å². The van der Waals surface area contributed by atoms with Gasteiger partial charge in [-0.2, -0.15) is 0 Å². The molecule has 1 aliphatic heterocycles. The first-order valence-electron chi connectivity index (χ1n) is 5.58. The molecule has 0 amide bonds.